The van der Waals surface area contributed by atoms with Crippen LogP contribution in [-0.2, 0) is 12.1 Å². The van der Waals surface area contributed by atoms with Crippen LogP contribution in [0.15, 0.2) is 71.3 Å². The number of aliphatic hydroxyl groups is 1. The Balaban J connectivity index is 1.42. The van der Waals surface area contributed by atoms with Gasteiger partial charge in [-0.3, -0.25) is 0 Å². The summed E-state index contributed by atoms with van der Waals surface area (Å²) in [6.45, 7) is 2.29. The van der Waals surface area contributed by atoms with Gasteiger partial charge in [0.2, 0.25) is 0 Å². The first kappa shape index (κ1) is 23.5. The topological polar surface area (TPSA) is 55.5 Å². The monoisotopic (exact) mass is 449 g/mol. The minimum absolute atomic E-state index is 0.145. The third-order valence-electron chi connectivity index (χ3n) is 6.82. The van der Waals surface area contributed by atoms with Gasteiger partial charge >= 0.3 is 0 Å². The van der Waals surface area contributed by atoms with Crippen LogP contribution < -0.4 is 4.74 Å². The smallest absolute Gasteiger partial charge is 0.250 e. The minimum atomic E-state index is -1.13. The number of hydrogen-bond acceptors (Lipinski definition) is 4. The molecule has 1 aliphatic carbocycles. The van der Waals surface area contributed by atoms with Crippen molar-refractivity contribution in [3.8, 4) is 5.75 Å². The lowest BCUT2D eigenvalue weighted by Crippen LogP contribution is -2.40. The van der Waals surface area contributed by atoms with E-state index in [1.54, 1.807) is 6.20 Å². The molecule has 0 aliphatic heterocycles. The summed E-state index contributed by atoms with van der Waals surface area (Å²) < 4.78 is 12.8. The Morgan fingerprint density at radius 1 is 1.00 bits per heavy atom. The van der Waals surface area contributed by atoms with Crippen LogP contribution in [0, 0.1) is 5.92 Å². The fourth-order valence-corrected chi connectivity index (χ4v) is 5.00. The Morgan fingerprint density at radius 2 is 1.67 bits per heavy atom. The molecule has 1 atom stereocenters. The molecule has 0 spiro atoms. The number of nitrogens with zero attached hydrogens (tertiary/aromatic N) is 2. The van der Waals surface area contributed by atoms with Crippen molar-refractivity contribution in [3.05, 3.63) is 84.1 Å². The predicted molar refractivity (Wildman–Crippen MR) is 130 cm³/mol. The molecule has 0 radical (unpaired) electrons. The van der Waals surface area contributed by atoms with Gasteiger partial charge in [0.05, 0.1) is 33.4 Å². The lowest BCUT2D eigenvalue weighted by Gasteiger charge is -2.37. The molecule has 0 bridgehead atoms. The second-order valence-electron chi connectivity index (χ2n) is 9.92. The van der Waals surface area contributed by atoms with E-state index >= 15 is 0 Å². The maximum atomic E-state index is 12.0. The van der Waals surface area contributed by atoms with E-state index in [1.165, 1.54) is 6.42 Å². The number of para-hydroxylation sites is 1. The summed E-state index contributed by atoms with van der Waals surface area (Å²) in [6.07, 6.45) is 8.23. The van der Waals surface area contributed by atoms with Crippen molar-refractivity contribution >= 4 is 0 Å². The van der Waals surface area contributed by atoms with Crippen LogP contribution in [0.3, 0.4) is 0 Å². The maximum Gasteiger partial charge on any atom is 0.250 e. The van der Waals surface area contributed by atoms with Crippen molar-refractivity contribution in [1.82, 2.24) is 4.98 Å². The molecular formula is C28H37N2O3+. The Kier molecular flexibility index (Phi) is 7.51. The Bertz CT molecular complexity index is 981. The molecule has 176 valence electrons. The molecule has 3 aromatic rings. The summed E-state index contributed by atoms with van der Waals surface area (Å²) in [5.74, 6) is 2.29. The van der Waals surface area contributed by atoms with Crippen LogP contribution in [0.4, 0.5) is 0 Å². The Hall–Kier alpha value is -2.63. The van der Waals surface area contributed by atoms with Gasteiger partial charge in [0.1, 0.15) is 5.75 Å². The summed E-state index contributed by atoms with van der Waals surface area (Å²) in [6, 6.07) is 19.9. The van der Waals surface area contributed by atoms with E-state index in [2.05, 4.69) is 19.1 Å². The highest BCUT2D eigenvalue weighted by atomic mass is 16.5. The molecule has 1 fully saturated rings. The molecular weight excluding hydrogens is 412 g/mol. The number of benzene rings is 2. The molecule has 1 unspecified atom stereocenters. The predicted octanol–water partition coefficient (Wildman–Crippen LogP) is 5.54. The average Bonchev–Trinajstić information content (AvgIpc) is 3.31. The van der Waals surface area contributed by atoms with Gasteiger partial charge in [-0.2, -0.15) is 0 Å². The van der Waals surface area contributed by atoms with Crippen molar-refractivity contribution in [2.24, 2.45) is 5.92 Å². The van der Waals surface area contributed by atoms with Gasteiger partial charge in [-0.1, -0.05) is 67.8 Å². The van der Waals surface area contributed by atoms with E-state index in [-0.39, 0.29) is 5.92 Å². The largest absolute Gasteiger partial charge is 0.493 e. The van der Waals surface area contributed by atoms with Crippen molar-refractivity contribution in [2.75, 3.05) is 27.2 Å². The van der Waals surface area contributed by atoms with Gasteiger partial charge in [0.15, 0.2) is 17.9 Å². The van der Waals surface area contributed by atoms with Crippen LogP contribution in [0.1, 0.15) is 55.7 Å². The third-order valence-corrected chi connectivity index (χ3v) is 6.82. The SMILES string of the molecule is C[N+](C)(CCCOc1ccccc1)Cc1ncc(C(O)(c2ccccc2)C2CCCCC2)o1. The molecule has 0 saturated heterocycles. The fraction of sp³-hybridized carbons (Fsp3) is 0.464. The van der Waals surface area contributed by atoms with Crippen LogP contribution in [0.25, 0.3) is 0 Å². The number of rotatable bonds is 10. The van der Waals surface area contributed by atoms with Crippen molar-refractivity contribution in [3.63, 3.8) is 0 Å². The third kappa shape index (κ3) is 5.84. The summed E-state index contributed by atoms with van der Waals surface area (Å²) in [7, 11) is 4.35. The fourth-order valence-electron chi connectivity index (χ4n) is 5.00. The van der Waals surface area contributed by atoms with Crippen LogP contribution in [-0.4, -0.2) is 41.8 Å². The number of oxazole rings is 1. The maximum absolute atomic E-state index is 12.0. The molecule has 4 rings (SSSR count). The van der Waals surface area contributed by atoms with Crippen molar-refractivity contribution in [2.45, 2.75) is 50.7 Å². The van der Waals surface area contributed by atoms with Gasteiger partial charge in [-0.15, -0.1) is 0 Å². The molecule has 5 nitrogen and oxygen atoms in total. The molecule has 1 N–H and O–H groups in total. The van der Waals surface area contributed by atoms with Gasteiger partial charge in [-0.25, -0.2) is 4.98 Å². The summed E-state index contributed by atoms with van der Waals surface area (Å²) in [4.78, 5) is 4.59. The minimum Gasteiger partial charge on any atom is -0.493 e. The lowest BCUT2D eigenvalue weighted by molar-refractivity contribution is -0.905. The second kappa shape index (κ2) is 10.5. The average molecular weight is 450 g/mol. The first-order valence-electron chi connectivity index (χ1n) is 12.2. The standard InChI is InChI=1S/C28H37N2O3/c1-30(2,19-12-20-32-25-17-10-5-11-18-25)22-27-29-21-26(33-27)28(31,23-13-6-3-7-14-23)24-15-8-4-9-16-24/h3,5-7,10-11,13-14,17-18,21,24,31H,4,8-9,12,15-16,19-20,22H2,1-2H3/q+1. The molecule has 1 saturated carbocycles. The highest BCUT2D eigenvalue weighted by molar-refractivity contribution is 5.31. The van der Waals surface area contributed by atoms with E-state index < -0.39 is 5.60 Å². The zero-order chi connectivity index (χ0) is 23.2. The normalized spacial score (nSPS) is 16.9. The first-order valence-corrected chi connectivity index (χ1v) is 12.2. The summed E-state index contributed by atoms with van der Waals surface area (Å²) in [5, 5.41) is 12.0. The van der Waals surface area contributed by atoms with Gasteiger partial charge in [0, 0.05) is 6.42 Å². The Morgan fingerprint density at radius 3 is 2.36 bits per heavy atom. The molecule has 33 heavy (non-hydrogen) atoms. The highest BCUT2D eigenvalue weighted by Crippen LogP contribution is 2.44. The number of ether oxygens (including phenoxy) is 1. The van der Waals surface area contributed by atoms with Crippen LogP contribution >= 0.6 is 0 Å². The van der Waals surface area contributed by atoms with E-state index in [4.69, 9.17) is 9.15 Å². The van der Waals surface area contributed by atoms with Crippen LogP contribution in [0.5, 0.6) is 5.75 Å². The molecule has 2 aromatic carbocycles. The van der Waals surface area contributed by atoms with Gasteiger partial charge in [-0.05, 0) is 36.5 Å². The van der Waals surface area contributed by atoms with Crippen molar-refractivity contribution in [1.29, 1.82) is 0 Å². The molecule has 5 heteroatoms. The van der Waals surface area contributed by atoms with E-state index in [0.29, 0.717) is 24.8 Å². The molecule has 1 aromatic heterocycles. The van der Waals surface area contributed by atoms with Gasteiger partial charge in [0.25, 0.3) is 5.89 Å². The number of quaternary nitrogens is 1. The first-order chi connectivity index (χ1) is 16.0. The summed E-state index contributed by atoms with van der Waals surface area (Å²) >= 11 is 0. The van der Waals surface area contributed by atoms with Crippen molar-refractivity contribution < 1.29 is 18.7 Å². The summed E-state index contributed by atoms with van der Waals surface area (Å²) in [5.41, 5.74) is -0.237. The van der Waals surface area contributed by atoms with E-state index in [0.717, 1.165) is 54.4 Å². The Labute approximate surface area is 197 Å². The quantitative estimate of drug-likeness (QED) is 0.326. The lowest BCUT2D eigenvalue weighted by atomic mass is 9.72. The number of hydrogen-bond donors (Lipinski definition) is 1. The second-order valence-corrected chi connectivity index (χ2v) is 9.92. The number of aromatic nitrogens is 1. The van der Waals surface area contributed by atoms with Gasteiger partial charge < -0.3 is 18.7 Å². The zero-order valence-electron chi connectivity index (χ0n) is 20.0. The van der Waals surface area contributed by atoms with E-state index in [1.807, 2.05) is 60.7 Å². The highest BCUT2D eigenvalue weighted by Gasteiger charge is 2.43. The zero-order valence-corrected chi connectivity index (χ0v) is 20.0. The molecule has 1 heterocycles. The molecule has 0 amide bonds. The van der Waals surface area contributed by atoms with Crippen LogP contribution in [0.2, 0.25) is 0 Å². The molecule has 1 aliphatic rings. The van der Waals surface area contributed by atoms with E-state index in [9.17, 15) is 5.11 Å².